The molecule has 3 rings (SSSR count). The molecule has 0 aromatic heterocycles. The lowest BCUT2D eigenvalue weighted by Crippen LogP contribution is -2.46. The van der Waals surface area contributed by atoms with Gasteiger partial charge in [-0.2, -0.15) is 8.42 Å². The summed E-state index contributed by atoms with van der Waals surface area (Å²) in [6.45, 7) is 0.277. The van der Waals surface area contributed by atoms with E-state index in [0.717, 1.165) is 22.9 Å². The van der Waals surface area contributed by atoms with Crippen molar-refractivity contribution in [3.63, 3.8) is 0 Å². The first-order valence-corrected chi connectivity index (χ1v) is 13.7. The highest BCUT2D eigenvalue weighted by atomic mass is 35.5. The van der Waals surface area contributed by atoms with Crippen LogP contribution in [0.25, 0.3) is 11.1 Å². The second kappa shape index (κ2) is 13.2. The number of hydrogen-bond acceptors (Lipinski definition) is 5. The molecule has 0 aliphatic heterocycles. The quantitative estimate of drug-likeness (QED) is 0.265. The molecule has 0 heterocycles. The zero-order valence-corrected chi connectivity index (χ0v) is 21.5. The molecule has 0 aliphatic rings. The Morgan fingerprint density at radius 3 is 2.28 bits per heavy atom. The zero-order valence-electron chi connectivity index (χ0n) is 19.9. The van der Waals surface area contributed by atoms with Gasteiger partial charge in [-0.1, -0.05) is 66.2 Å². The third-order valence-corrected chi connectivity index (χ3v) is 6.25. The fraction of sp³-hybridized carbons (Fsp3) is 0.259. The van der Waals surface area contributed by atoms with Crippen molar-refractivity contribution >= 4 is 33.5 Å². The van der Waals surface area contributed by atoms with Crippen molar-refractivity contribution in [3.05, 3.63) is 95.0 Å². The Kier molecular flexibility index (Phi) is 10.0. The zero-order chi connectivity index (χ0) is 26.0. The van der Waals surface area contributed by atoms with Gasteiger partial charge in [0.25, 0.3) is 16.0 Å². The molecule has 9 heteroatoms. The highest BCUT2D eigenvalue weighted by Crippen LogP contribution is 2.19. The number of carbonyl (C=O) groups is 2. The lowest BCUT2D eigenvalue weighted by molar-refractivity contribution is -0.123. The summed E-state index contributed by atoms with van der Waals surface area (Å²) in [4.78, 5) is 25.9. The fourth-order valence-electron chi connectivity index (χ4n) is 3.58. The molecular formula is C27H29ClN2O5S. The molecule has 0 saturated carbocycles. The van der Waals surface area contributed by atoms with Gasteiger partial charge in [0.1, 0.15) is 6.04 Å². The molecule has 190 valence electrons. The van der Waals surface area contributed by atoms with E-state index in [4.69, 9.17) is 15.8 Å². The summed E-state index contributed by atoms with van der Waals surface area (Å²) in [6, 6.07) is 23.3. The van der Waals surface area contributed by atoms with Gasteiger partial charge in [-0.3, -0.25) is 13.8 Å². The maximum atomic E-state index is 12.9. The molecule has 3 aromatic rings. The van der Waals surface area contributed by atoms with E-state index in [1.54, 1.807) is 30.3 Å². The molecule has 0 saturated heterocycles. The van der Waals surface area contributed by atoms with Crippen LogP contribution in [0.5, 0.6) is 0 Å². The second-order valence-electron chi connectivity index (χ2n) is 8.34. The molecule has 2 amide bonds. The van der Waals surface area contributed by atoms with Crippen LogP contribution in [0.2, 0.25) is 5.02 Å². The van der Waals surface area contributed by atoms with E-state index in [2.05, 4.69) is 10.6 Å². The van der Waals surface area contributed by atoms with Crippen molar-refractivity contribution in [2.24, 2.45) is 0 Å². The number of carbonyl (C=O) groups excluding carboxylic acids is 2. The van der Waals surface area contributed by atoms with Crippen molar-refractivity contribution in [1.29, 1.82) is 0 Å². The number of hydrogen-bond donors (Lipinski definition) is 2. The largest absolute Gasteiger partial charge is 0.350 e. The molecule has 0 spiro atoms. The Morgan fingerprint density at radius 2 is 1.61 bits per heavy atom. The predicted molar refractivity (Wildman–Crippen MR) is 141 cm³/mol. The highest BCUT2D eigenvalue weighted by Gasteiger charge is 2.21. The molecule has 7 nitrogen and oxygen atoms in total. The molecule has 3 aromatic carbocycles. The third kappa shape index (κ3) is 9.11. The summed E-state index contributed by atoms with van der Waals surface area (Å²) < 4.78 is 27.0. The van der Waals surface area contributed by atoms with Gasteiger partial charge in [-0.25, -0.2) is 0 Å². The smallest absolute Gasteiger partial charge is 0.264 e. The van der Waals surface area contributed by atoms with E-state index in [1.807, 2.05) is 48.5 Å². The van der Waals surface area contributed by atoms with Gasteiger partial charge < -0.3 is 10.6 Å². The predicted octanol–water partition coefficient (Wildman–Crippen LogP) is 4.57. The van der Waals surface area contributed by atoms with Gasteiger partial charge in [0.05, 0.1) is 12.9 Å². The van der Waals surface area contributed by atoms with Crippen molar-refractivity contribution in [2.75, 3.05) is 12.9 Å². The Morgan fingerprint density at radius 1 is 0.917 bits per heavy atom. The van der Waals surface area contributed by atoms with Gasteiger partial charge in [-0.15, -0.1) is 0 Å². The first-order chi connectivity index (χ1) is 17.2. The van der Waals surface area contributed by atoms with Crippen molar-refractivity contribution in [3.8, 4) is 11.1 Å². The van der Waals surface area contributed by atoms with Crippen LogP contribution < -0.4 is 10.6 Å². The van der Waals surface area contributed by atoms with Gasteiger partial charge in [-0.05, 0) is 60.2 Å². The molecule has 0 aliphatic carbocycles. The van der Waals surface area contributed by atoms with Crippen LogP contribution in [0.3, 0.4) is 0 Å². The molecule has 0 unspecified atom stereocenters. The number of unbranched alkanes of at least 4 members (excludes halogenated alkanes) is 1. The van der Waals surface area contributed by atoms with E-state index in [9.17, 15) is 18.0 Å². The van der Waals surface area contributed by atoms with Gasteiger partial charge in [0.15, 0.2) is 0 Å². The van der Waals surface area contributed by atoms with Gasteiger partial charge in [0, 0.05) is 17.1 Å². The normalized spacial score (nSPS) is 12.1. The van der Waals surface area contributed by atoms with Crippen LogP contribution in [-0.4, -0.2) is 39.1 Å². The number of rotatable bonds is 12. The van der Waals surface area contributed by atoms with Crippen LogP contribution in [0.1, 0.15) is 35.2 Å². The lowest BCUT2D eigenvalue weighted by Gasteiger charge is -2.19. The average molecular weight is 529 g/mol. The number of halogens is 1. The van der Waals surface area contributed by atoms with E-state index in [0.29, 0.717) is 29.8 Å². The maximum Gasteiger partial charge on any atom is 0.264 e. The summed E-state index contributed by atoms with van der Waals surface area (Å²) in [5, 5.41) is 6.22. The van der Waals surface area contributed by atoms with Gasteiger partial charge in [0.2, 0.25) is 5.91 Å². The van der Waals surface area contributed by atoms with Crippen molar-refractivity contribution in [2.45, 2.75) is 31.8 Å². The van der Waals surface area contributed by atoms with Gasteiger partial charge >= 0.3 is 0 Å². The molecule has 0 radical (unpaired) electrons. The monoisotopic (exact) mass is 528 g/mol. The summed E-state index contributed by atoms with van der Waals surface area (Å²) >= 11 is 6.02. The van der Waals surface area contributed by atoms with E-state index in [1.165, 1.54) is 0 Å². The Balaban J connectivity index is 1.63. The Bertz CT molecular complexity index is 1260. The second-order valence-corrected chi connectivity index (χ2v) is 10.4. The summed E-state index contributed by atoms with van der Waals surface area (Å²) in [7, 11) is -3.52. The standard InChI is InChI=1S/C27H29ClN2O5S/c1-36(33,34)35-17-6-5-12-25(27(32)29-19-20-8-7-11-24(28)18-20)30-26(31)23-15-13-22(14-16-23)21-9-3-2-4-10-21/h2-4,7-11,13-16,18,25H,5-6,12,17,19H2,1H3,(H,29,32)(H,30,31)/t25-/m0/s1. The van der Waals surface area contributed by atoms with E-state index in [-0.39, 0.29) is 25.0 Å². The molecular weight excluding hydrogens is 500 g/mol. The van der Waals surface area contributed by atoms with Crippen LogP contribution in [-0.2, 0) is 25.6 Å². The lowest BCUT2D eigenvalue weighted by atomic mass is 10.0. The molecule has 2 N–H and O–H groups in total. The number of benzene rings is 3. The summed E-state index contributed by atoms with van der Waals surface area (Å²) in [5.41, 5.74) is 3.29. The maximum absolute atomic E-state index is 12.9. The Hall–Kier alpha value is -3.20. The van der Waals surface area contributed by atoms with Crippen LogP contribution >= 0.6 is 11.6 Å². The highest BCUT2D eigenvalue weighted by molar-refractivity contribution is 7.85. The topological polar surface area (TPSA) is 102 Å². The fourth-order valence-corrected chi connectivity index (χ4v) is 4.21. The van der Waals surface area contributed by atoms with Crippen LogP contribution in [0.4, 0.5) is 0 Å². The molecule has 36 heavy (non-hydrogen) atoms. The summed E-state index contributed by atoms with van der Waals surface area (Å²) in [5.74, 6) is -0.710. The minimum absolute atomic E-state index is 0.0184. The number of amides is 2. The average Bonchev–Trinajstić information content (AvgIpc) is 2.86. The molecule has 1 atom stereocenters. The van der Waals surface area contributed by atoms with Crippen LogP contribution in [0, 0.1) is 0 Å². The van der Waals surface area contributed by atoms with Crippen molar-refractivity contribution in [1.82, 2.24) is 10.6 Å². The molecule has 0 fully saturated rings. The third-order valence-electron chi connectivity index (χ3n) is 5.42. The number of nitrogens with one attached hydrogen (secondary N) is 2. The van der Waals surface area contributed by atoms with E-state index < -0.39 is 16.2 Å². The van der Waals surface area contributed by atoms with Crippen molar-refractivity contribution < 1.29 is 22.2 Å². The minimum Gasteiger partial charge on any atom is -0.350 e. The van der Waals surface area contributed by atoms with E-state index >= 15 is 0 Å². The Labute approximate surface area is 217 Å². The summed E-state index contributed by atoms with van der Waals surface area (Å²) in [6.07, 6.45) is 2.22. The first-order valence-electron chi connectivity index (χ1n) is 11.5. The molecule has 0 bridgehead atoms. The minimum atomic E-state index is -3.52. The first kappa shape index (κ1) is 27.4. The van der Waals surface area contributed by atoms with Crippen LogP contribution in [0.15, 0.2) is 78.9 Å². The SMILES string of the molecule is CS(=O)(=O)OCCCC[C@H](NC(=O)c1ccc(-c2ccccc2)cc1)C(=O)NCc1cccc(Cl)c1.